The van der Waals surface area contributed by atoms with Crippen LogP contribution in [0.25, 0.3) is 28.2 Å². The monoisotopic (exact) mass is 515 g/mol. The Morgan fingerprint density at radius 2 is 2.03 bits per heavy atom. The molecule has 10 nitrogen and oxygen atoms in total. The van der Waals surface area contributed by atoms with Crippen molar-refractivity contribution < 1.29 is 28.2 Å². The standard InChI is InChI=1S/C27H22FN5O5/c1-15-10-16(8-9-29-15)27-32-21(14-38-27)26(36)31-20-13-33-12-17(6-7-24(34)35)30-23(33)11-18(20)25-19(28)4-3-5-22(25)37-2/h3-5,8-14H,6-7H2,1-2H3,(H,31,36)(H,34,35). The van der Waals surface area contributed by atoms with Crippen LogP contribution in [-0.4, -0.2) is 43.4 Å². The number of hydrogen-bond acceptors (Lipinski definition) is 7. The topological polar surface area (TPSA) is 132 Å². The maximum atomic E-state index is 15.1. The molecule has 5 aromatic rings. The van der Waals surface area contributed by atoms with Crippen LogP contribution in [0.2, 0.25) is 0 Å². The minimum Gasteiger partial charge on any atom is -0.496 e. The van der Waals surface area contributed by atoms with E-state index in [4.69, 9.17) is 14.3 Å². The summed E-state index contributed by atoms with van der Waals surface area (Å²) in [5.41, 5.74) is 3.16. The number of oxazole rings is 1. The zero-order valence-electron chi connectivity index (χ0n) is 20.4. The quantitative estimate of drug-likeness (QED) is 0.302. The van der Waals surface area contributed by atoms with E-state index in [9.17, 15) is 9.59 Å². The molecular weight excluding hydrogens is 493 g/mol. The second-order valence-corrected chi connectivity index (χ2v) is 8.49. The van der Waals surface area contributed by atoms with Crippen molar-refractivity contribution in [3.05, 3.63) is 84.2 Å². The number of pyridine rings is 2. The van der Waals surface area contributed by atoms with Crippen LogP contribution in [0.5, 0.6) is 5.75 Å². The molecule has 0 saturated heterocycles. The molecule has 4 heterocycles. The number of carbonyl (C=O) groups is 2. The molecule has 11 heteroatoms. The summed E-state index contributed by atoms with van der Waals surface area (Å²) in [5.74, 6) is -1.56. The average molecular weight is 516 g/mol. The van der Waals surface area contributed by atoms with Crippen LogP contribution >= 0.6 is 0 Å². The molecule has 0 bridgehead atoms. The SMILES string of the molecule is COc1cccc(F)c1-c1cc2nc(CCC(=O)O)cn2cc1NC(=O)c1coc(-c2ccnc(C)c2)n1. The number of carboxylic acid groups (broad SMARTS) is 1. The zero-order chi connectivity index (χ0) is 26.8. The van der Waals surface area contributed by atoms with Crippen molar-refractivity contribution in [2.75, 3.05) is 12.4 Å². The van der Waals surface area contributed by atoms with Gasteiger partial charge in [0.05, 0.1) is 30.5 Å². The first-order valence-corrected chi connectivity index (χ1v) is 11.6. The average Bonchev–Trinajstić information content (AvgIpc) is 3.54. The maximum Gasteiger partial charge on any atom is 0.303 e. The number of nitrogens with zero attached hydrogens (tertiary/aromatic N) is 4. The molecule has 0 spiro atoms. The van der Waals surface area contributed by atoms with Gasteiger partial charge in [0.25, 0.3) is 5.91 Å². The molecule has 0 fully saturated rings. The van der Waals surface area contributed by atoms with Crippen LogP contribution in [0, 0.1) is 12.7 Å². The third-order valence-corrected chi connectivity index (χ3v) is 5.83. The summed E-state index contributed by atoms with van der Waals surface area (Å²) < 4.78 is 27.6. The van der Waals surface area contributed by atoms with E-state index in [2.05, 4.69) is 20.3 Å². The van der Waals surface area contributed by atoms with Crippen LogP contribution in [0.4, 0.5) is 10.1 Å². The summed E-state index contributed by atoms with van der Waals surface area (Å²) in [6.07, 6.45) is 6.23. The van der Waals surface area contributed by atoms with E-state index >= 15 is 4.39 Å². The number of halogens is 1. The van der Waals surface area contributed by atoms with Gasteiger partial charge < -0.3 is 24.0 Å². The number of nitrogens with one attached hydrogen (secondary N) is 1. The highest BCUT2D eigenvalue weighted by Crippen LogP contribution is 2.38. The summed E-state index contributed by atoms with van der Waals surface area (Å²) >= 11 is 0. The second-order valence-electron chi connectivity index (χ2n) is 8.49. The smallest absolute Gasteiger partial charge is 0.303 e. The molecular formula is C27H22FN5O5. The van der Waals surface area contributed by atoms with Crippen LogP contribution < -0.4 is 10.1 Å². The van der Waals surface area contributed by atoms with Crippen molar-refractivity contribution in [3.63, 3.8) is 0 Å². The van der Waals surface area contributed by atoms with Gasteiger partial charge in [0.2, 0.25) is 5.89 Å². The van der Waals surface area contributed by atoms with Crippen LogP contribution in [-0.2, 0) is 11.2 Å². The molecule has 2 N–H and O–H groups in total. The lowest BCUT2D eigenvalue weighted by Crippen LogP contribution is -2.14. The Balaban J connectivity index is 1.55. The number of rotatable bonds is 8. The van der Waals surface area contributed by atoms with Crippen LogP contribution in [0.15, 0.2) is 65.7 Å². The van der Waals surface area contributed by atoms with E-state index in [1.165, 1.54) is 25.5 Å². The van der Waals surface area contributed by atoms with E-state index in [0.29, 0.717) is 22.5 Å². The number of aliphatic carboxylic acids is 1. The lowest BCUT2D eigenvalue weighted by Gasteiger charge is -2.15. The summed E-state index contributed by atoms with van der Waals surface area (Å²) in [5, 5.41) is 11.8. The Bertz CT molecular complexity index is 1680. The van der Waals surface area contributed by atoms with Gasteiger partial charge >= 0.3 is 5.97 Å². The predicted octanol–water partition coefficient (Wildman–Crippen LogP) is 4.78. The number of hydrogen-bond donors (Lipinski definition) is 2. The minimum absolute atomic E-state index is 0.0220. The highest BCUT2D eigenvalue weighted by Gasteiger charge is 2.21. The van der Waals surface area contributed by atoms with Crippen molar-refractivity contribution in [2.45, 2.75) is 19.8 Å². The van der Waals surface area contributed by atoms with Crippen molar-refractivity contribution >= 4 is 23.2 Å². The Labute approximate surface area is 215 Å². The van der Waals surface area contributed by atoms with E-state index in [1.807, 2.05) is 6.92 Å². The molecule has 0 aliphatic rings. The fraction of sp³-hybridized carbons (Fsp3) is 0.148. The van der Waals surface area contributed by atoms with Gasteiger partial charge in [0, 0.05) is 41.8 Å². The molecule has 1 amide bonds. The fourth-order valence-corrected chi connectivity index (χ4v) is 4.06. The van der Waals surface area contributed by atoms with E-state index < -0.39 is 17.7 Å². The van der Waals surface area contributed by atoms with Gasteiger partial charge in [-0.15, -0.1) is 0 Å². The third-order valence-electron chi connectivity index (χ3n) is 5.83. The second kappa shape index (κ2) is 10.1. The van der Waals surface area contributed by atoms with Gasteiger partial charge in [-0.25, -0.2) is 14.4 Å². The normalized spacial score (nSPS) is 11.0. The number of carboxylic acids is 1. The van der Waals surface area contributed by atoms with Crippen molar-refractivity contribution in [3.8, 4) is 28.3 Å². The highest BCUT2D eigenvalue weighted by molar-refractivity contribution is 6.05. The molecule has 0 unspecified atom stereocenters. The Morgan fingerprint density at radius 3 is 2.79 bits per heavy atom. The minimum atomic E-state index is -0.944. The summed E-state index contributed by atoms with van der Waals surface area (Å²) in [6, 6.07) is 9.53. The largest absolute Gasteiger partial charge is 0.496 e. The number of carbonyl (C=O) groups excluding carboxylic acids is 1. The fourth-order valence-electron chi connectivity index (χ4n) is 4.06. The van der Waals surface area contributed by atoms with Crippen molar-refractivity contribution in [1.82, 2.24) is 19.4 Å². The van der Waals surface area contributed by atoms with Crippen LogP contribution in [0.1, 0.15) is 28.3 Å². The van der Waals surface area contributed by atoms with E-state index in [-0.39, 0.29) is 41.4 Å². The first kappa shape index (κ1) is 24.6. The Hall–Kier alpha value is -5.06. The number of anilines is 1. The van der Waals surface area contributed by atoms with Crippen molar-refractivity contribution in [2.24, 2.45) is 0 Å². The number of aryl methyl sites for hydroxylation is 2. The number of benzene rings is 1. The zero-order valence-corrected chi connectivity index (χ0v) is 20.4. The first-order valence-electron chi connectivity index (χ1n) is 11.6. The molecule has 38 heavy (non-hydrogen) atoms. The number of imidazole rings is 1. The molecule has 0 atom stereocenters. The van der Waals surface area contributed by atoms with Gasteiger partial charge in [-0.2, -0.15) is 0 Å². The Kier molecular flexibility index (Phi) is 6.56. The third kappa shape index (κ3) is 4.94. The Morgan fingerprint density at radius 1 is 1.18 bits per heavy atom. The predicted molar refractivity (Wildman–Crippen MR) is 136 cm³/mol. The number of amides is 1. The number of ether oxygens (including phenoxy) is 1. The maximum absolute atomic E-state index is 15.1. The lowest BCUT2D eigenvalue weighted by molar-refractivity contribution is -0.136. The van der Waals surface area contributed by atoms with E-state index in [0.717, 1.165) is 5.69 Å². The lowest BCUT2D eigenvalue weighted by atomic mass is 10.0. The van der Waals surface area contributed by atoms with Crippen LogP contribution in [0.3, 0.4) is 0 Å². The number of methoxy groups -OCH3 is 1. The molecule has 1 aromatic carbocycles. The van der Waals surface area contributed by atoms with E-state index in [1.54, 1.807) is 47.3 Å². The molecule has 0 aliphatic heterocycles. The number of fused-ring (bicyclic) bond motifs is 1. The summed E-state index contributed by atoms with van der Waals surface area (Å²) in [7, 11) is 1.42. The molecule has 0 saturated carbocycles. The van der Waals surface area contributed by atoms with Gasteiger partial charge in [-0.05, 0) is 37.3 Å². The summed E-state index contributed by atoms with van der Waals surface area (Å²) in [6.45, 7) is 1.83. The first-order chi connectivity index (χ1) is 18.3. The van der Waals surface area contributed by atoms with Gasteiger partial charge in [-0.1, -0.05) is 6.07 Å². The van der Waals surface area contributed by atoms with Gasteiger partial charge in [0.1, 0.15) is 23.5 Å². The van der Waals surface area contributed by atoms with Crippen molar-refractivity contribution in [1.29, 1.82) is 0 Å². The summed E-state index contributed by atoms with van der Waals surface area (Å²) in [4.78, 5) is 37.1. The van der Waals surface area contributed by atoms with Gasteiger partial charge in [0.15, 0.2) is 5.69 Å². The number of aromatic nitrogens is 4. The molecule has 5 rings (SSSR count). The molecule has 4 aromatic heterocycles. The molecule has 0 aliphatic carbocycles. The van der Waals surface area contributed by atoms with Gasteiger partial charge in [-0.3, -0.25) is 14.6 Å². The molecule has 0 radical (unpaired) electrons. The molecule has 192 valence electrons. The highest BCUT2D eigenvalue weighted by atomic mass is 19.1.